The van der Waals surface area contributed by atoms with Crippen molar-refractivity contribution < 1.29 is 17.9 Å². The van der Waals surface area contributed by atoms with Crippen molar-refractivity contribution in [2.75, 3.05) is 7.11 Å². The highest BCUT2D eigenvalue weighted by molar-refractivity contribution is 7.10. The van der Waals surface area contributed by atoms with Crippen LogP contribution in [0, 0.1) is 51.0 Å². The van der Waals surface area contributed by atoms with Crippen LogP contribution in [0.2, 0.25) is 0 Å². The van der Waals surface area contributed by atoms with E-state index in [1.807, 2.05) is 66.1 Å². The first kappa shape index (κ1) is 92.3. The van der Waals surface area contributed by atoms with Gasteiger partial charge in [-0.2, -0.15) is 13.2 Å². The van der Waals surface area contributed by atoms with Crippen LogP contribution in [0.5, 0.6) is 5.75 Å². The molecule has 576 valence electrons. The highest BCUT2D eigenvalue weighted by atomic mass is 32.1. The molecule has 3 aromatic heterocycles. The van der Waals surface area contributed by atoms with Gasteiger partial charge in [0.25, 0.3) is 0 Å². The van der Waals surface area contributed by atoms with Gasteiger partial charge in [-0.15, -0.1) is 11.3 Å². The maximum atomic E-state index is 12.4. The van der Waals surface area contributed by atoms with Gasteiger partial charge < -0.3 is 14.7 Å². The van der Waals surface area contributed by atoms with Crippen molar-refractivity contribution in [1.82, 2.24) is 9.97 Å². The number of nitrogens with one attached hydrogen (secondary N) is 2. The number of hydrogen-bond acceptors (Lipinski definition) is 2. The Hall–Kier alpha value is -7.86. The zero-order chi connectivity index (χ0) is 79.1. The summed E-state index contributed by atoms with van der Waals surface area (Å²) in [5.74, 6) is 9.01. The van der Waals surface area contributed by atoms with Crippen LogP contribution >= 0.6 is 11.3 Å². The van der Waals surface area contributed by atoms with Crippen LogP contribution in [0.1, 0.15) is 303 Å². The number of aryl methyl sites for hydroxylation is 3. The molecular formula is C98H136F3N3OS. The van der Waals surface area contributed by atoms with Crippen molar-refractivity contribution in [2.24, 2.45) is 23.7 Å². The summed E-state index contributed by atoms with van der Waals surface area (Å²) in [6.07, 6.45) is 16.0. The molecule has 0 spiro atoms. The molecule has 7 aromatic carbocycles. The Kier molecular flexibility index (Phi) is 42.8. The lowest BCUT2D eigenvalue weighted by atomic mass is 9.82. The monoisotopic (exact) mass is 1460 g/mol. The van der Waals surface area contributed by atoms with Crippen LogP contribution in [-0.2, 0) is 6.18 Å². The fourth-order valence-corrected chi connectivity index (χ4v) is 14.1. The van der Waals surface area contributed by atoms with E-state index < -0.39 is 11.7 Å². The molecule has 2 N–H and O–H groups in total. The molecule has 1 saturated carbocycles. The number of alkyl halides is 3. The fraction of sp³-hybridized carbons (Fsp3) is 0.459. The lowest BCUT2D eigenvalue weighted by Crippen LogP contribution is -2.12. The minimum Gasteiger partial charge on any atom is -0.496 e. The second-order valence-electron chi connectivity index (χ2n) is 31.5. The SMILES string of the molecule is CC(C)C1CC=CCC1.CC(C)C1CCCCC1.CC(C)c1c[nH]c2ccccc12.CC(C)c1ccc2ccccc2c1.CC(C)c1ccc[nH]1.CC(C)c1ccccc1C(F)(F)F.COc1ccccc1C(C)C.Cc1cccc(C)c1C(C)C.Cc1ccsc1C(C)C.[C-]#[N+]c1ccc(C(C)C)cc1. The van der Waals surface area contributed by atoms with Crippen LogP contribution in [-0.4, -0.2) is 17.1 Å². The minimum atomic E-state index is -4.24. The fourth-order valence-electron chi connectivity index (χ4n) is 13.1. The molecule has 0 aliphatic heterocycles. The summed E-state index contributed by atoms with van der Waals surface area (Å²) in [4.78, 5) is 11.3. The number of para-hydroxylation sites is 2. The lowest BCUT2D eigenvalue weighted by Gasteiger charge is -2.24. The van der Waals surface area contributed by atoms with Crippen molar-refractivity contribution in [1.29, 1.82) is 0 Å². The van der Waals surface area contributed by atoms with E-state index in [1.165, 1.54) is 140 Å². The summed E-state index contributed by atoms with van der Waals surface area (Å²) < 4.78 is 42.4. The minimum absolute atomic E-state index is 0.0992. The molecule has 1 atom stereocenters. The number of allylic oxidation sites excluding steroid dienone is 2. The molecule has 0 saturated heterocycles. The Balaban J connectivity index is 0.000000307. The molecule has 0 amide bonds. The molecule has 106 heavy (non-hydrogen) atoms. The zero-order valence-electron chi connectivity index (χ0n) is 69.6. The Bertz CT molecular complexity index is 4010. The summed E-state index contributed by atoms with van der Waals surface area (Å²) in [5, 5.41) is 6.18. The molecule has 12 rings (SSSR count). The number of benzene rings is 7. The molecule has 0 bridgehead atoms. The van der Waals surface area contributed by atoms with Crippen molar-refractivity contribution >= 4 is 38.7 Å². The van der Waals surface area contributed by atoms with E-state index in [2.05, 4.69) is 287 Å². The van der Waals surface area contributed by atoms with Gasteiger partial charge in [-0.05, 0) is 214 Å². The molecule has 4 nitrogen and oxygen atoms in total. The molecule has 0 radical (unpaired) electrons. The van der Waals surface area contributed by atoms with E-state index in [4.69, 9.17) is 11.3 Å². The van der Waals surface area contributed by atoms with E-state index in [0.717, 1.165) is 41.2 Å². The normalized spacial score (nSPS) is 13.2. The number of hydrogen-bond donors (Lipinski definition) is 2. The van der Waals surface area contributed by atoms with E-state index in [9.17, 15) is 13.2 Å². The number of aromatic nitrogens is 2. The van der Waals surface area contributed by atoms with Gasteiger partial charge in [-0.25, -0.2) is 4.85 Å². The van der Waals surface area contributed by atoms with E-state index in [1.54, 1.807) is 27.0 Å². The predicted octanol–water partition coefficient (Wildman–Crippen LogP) is 32.2. The van der Waals surface area contributed by atoms with Crippen molar-refractivity contribution in [3.8, 4) is 5.75 Å². The summed E-state index contributed by atoms with van der Waals surface area (Å²) in [7, 11) is 1.71. The van der Waals surface area contributed by atoms with Crippen LogP contribution in [0.3, 0.4) is 0 Å². The van der Waals surface area contributed by atoms with Crippen LogP contribution in [0.15, 0.2) is 206 Å². The third kappa shape index (κ3) is 33.5. The second-order valence-corrected chi connectivity index (χ2v) is 32.4. The van der Waals surface area contributed by atoms with Gasteiger partial charge in [0.15, 0.2) is 5.69 Å². The average molecular weight is 1460 g/mol. The van der Waals surface area contributed by atoms with E-state index >= 15 is 0 Å². The van der Waals surface area contributed by atoms with Gasteiger partial charge in [0, 0.05) is 33.9 Å². The second kappa shape index (κ2) is 49.2. The summed E-state index contributed by atoms with van der Waals surface area (Å²) >= 11 is 1.86. The summed E-state index contributed by atoms with van der Waals surface area (Å²) in [6.45, 7) is 57.0. The zero-order valence-corrected chi connectivity index (χ0v) is 70.4. The number of H-pyrrole nitrogens is 2. The highest BCUT2D eigenvalue weighted by Crippen LogP contribution is 2.36. The van der Waals surface area contributed by atoms with E-state index in [-0.39, 0.29) is 5.92 Å². The Morgan fingerprint density at radius 3 is 1.42 bits per heavy atom. The predicted molar refractivity (Wildman–Crippen MR) is 461 cm³/mol. The standard InChI is InChI=1S/C13H14.C11H13N.C11H16.C10H11F3.C10H11N.C10H14O.C9H18.C9H16.C8H12S.C7H11N/c1-10(2)12-8-7-11-5-3-4-6-13(11)9-12;1-8(2)10-7-12-11-6-4-3-5-9(10)11;1-8(2)11-9(3)6-5-7-10(11)4;1-7(2)8-5-3-4-6-9(8)10(11,12)13;1-8(2)9-4-6-10(11-3)7-5-9;1-8(2)9-6-4-5-7-10(9)11-3;2*1-8(2)9-6-4-3-5-7-9;1-6(2)8-7(3)4-5-9-8;1-6(2)7-4-3-5-8-7/h3-10H,1-2H3;3-8,12H,1-2H3;5-8H,1-4H3;3-7H,1-2H3;4-8H,1-2H3;4-8H,1-3H3;8-9H,3-7H2,1-2H3;3-4,8-9H,5-7H2,1-2H3;4-6H,1-3H3;3-6,8H,1-2H3. The van der Waals surface area contributed by atoms with Crippen LogP contribution < -0.4 is 4.74 Å². The number of aromatic amines is 2. The number of thiophene rings is 1. The van der Waals surface area contributed by atoms with Crippen molar-refractivity contribution in [2.45, 2.75) is 264 Å². The number of ether oxygens (including phenoxy) is 1. The Labute approximate surface area is 646 Å². The highest BCUT2D eigenvalue weighted by Gasteiger charge is 2.33. The first-order chi connectivity index (χ1) is 50.2. The Morgan fingerprint density at radius 2 is 1.01 bits per heavy atom. The van der Waals surface area contributed by atoms with Gasteiger partial charge in [-0.1, -0.05) is 322 Å². The van der Waals surface area contributed by atoms with Gasteiger partial charge in [0.2, 0.25) is 0 Å². The third-order valence-electron chi connectivity index (χ3n) is 19.7. The molecule has 3 heterocycles. The van der Waals surface area contributed by atoms with Crippen LogP contribution in [0.25, 0.3) is 26.5 Å². The molecule has 2 aliphatic carbocycles. The lowest BCUT2D eigenvalue weighted by molar-refractivity contribution is -0.138. The molecular weight excluding hydrogens is 1320 g/mol. The molecule has 8 heteroatoms. The molecule has 10 aromatic rings. The molecule has 2 aliphatic rings. The number of rotatable bonds is 11. The third-order valence-corrected chi connectivity index (χ3v) is 21.0. The average Bonchev–Trinajstić information content (AvgIpc) is 1.67. The number of nitrogens with zero attached hydrogens (tertiary/aromatic N) is 1. The largest absolute Gasteiger partial charge is 0.496 e. The number of halogens is 3. The first-order valence-electron chi connectivity index (χ1n) is 39.4. The first-order valence-corrected chi connectivity index (χ1v) is 40.3. The molecule has 1 fully saturated rings. The summed E-state index contributed by atoms with van der Waals surface area (Å²) in [5.41, 5.74) is 14.3. The molecule has 1 unspecified atom stereocenters. The van der Waals surface area contributed by atoms with Crippen LogP contribution in [0.4, 0.5) is 18.9 Å². The number of methoxy groups -OCH3 is 1. The maximum Gasteiger partial charge on any atom is 0.416 e. The van der Waals surface area contributed by atoms with Gasteiger partial charge >= 0.3 is 6.18 Å². The van der Waals surface area contributed by atoms with Gasteiger partial charge in [0.05, 0.1) is 19.2 Å². The van der Waals surface area contributed by atoms with Gasteiger partial charge in [-0.3, -0.25) is 0 Å². The van der Waals surface area contributed by atoms with Crippen molar-refractivity contribution in [3.05, 3.63) is 283 Å². The quantitative estimate of drug-likeness (QED) is 0.0984. The van der Waals surface area contributed by atoms with Gasteiger partial charge in [0.1, 0.15) is 5.75 Å². The Morgan fingerprint density at radius 1 is 0.462 bits per heavy atom. The smallest absolute Gasteiger partial charge is 0.416 e. The van der Waals surface area contributed by atoms with Crippen molar-refractivity contribution in [3.63, 3.8) is 0 Å². The topological polar surface area (TPSA) is 45.2 Å². The maximum absolute atomic E-state index is 12.4. The summed E-state index contributed by atoms with van der Waals surface area (Å²) in [6, 6.07) is 58.0. The number of fused-ring (bicyclic) bond motifs is 2. The van der Waals surface area contributed by atoms with E-state index in [0.29, 0.717) is 47.0 Å².